The number of carbonyl (C=O) groups excluding carboxylic acids is 1. The van der Waals surface area contributed by atoms with Crippen LogP contribution in [0.3, 0.4) is 0 Å². The molecule has 0 bridgehead atoms. The molecule has 1 amide bonds. The Morgan fingerprint density at radius 1 is 1.43 bits per heavy atom. The van der Waals surface area contributed by atoms with Gasteiger partial charge in [-0.25, -0.2) is 13.8 Å². The lowest BCUT2D eigenvalue weighted by molar-refractivity contribution is -0.121. The Kier molecular flexibility index (Phi) is 5.38. The standard InChI is InChI=1S/C15H16F2N2OS/c1-2-14(12-7-10(16)3-5-13(12)17)19-15(20)6-4-11-8-21-9-18-11/h3,5,7-9,14H,2,4,6H2,1H3,(H,19,20)/t14-/m1/s1. The van der Waals surface area contributed by atoms with E-state index in [1.54, 1.807) is 5.51 Å². The summed E-state index contributed by atoms with van der Waals surface area (Å²) in [6.07, 6.45) is 1.30. The van der Waals surface area contributed by atoms with Gasteiger partial charge in [-0.1, -0.05) is 6.92 Å². The molecule has 0 spiro atoms. The number of nitrogens with one attached hydrogen (secondary N) is 1. The number of thiazole rings is 1. The average Bonchev–Trinajstić information content (AvgIpc) is 2.98. The molecule has 0 fully saturated rings. The third-order valence-electron chi connectivity index (χ3n) is 3.17. The van der Waals surface area contributed by atoms with Gasteiger partial charge in [0.1, 0.15) is 11.6 Å². The molecule has 2 aromatic rings. The Morgan fingerprint density at radius 2 is 2.24 bits per heavy atom. The third-order valence-corrected chi connectivity index (χ3v) is 3.80. The molecule has 3 nitrogen and oxygen atoms in total. The van der Waals surface area contributed by atoms with Crippen molar-refractivity contribution >= 4 is 17.2 Å². The molecular formula is C15H16F2N2OS. The largest absolute Gasteiger partial charge is 0.349 e. The zero-order chi connectivity index (χ0) is 15.2. The summed E-state index contributed by atoms with van der Waals surface area (Å²) < 4.78 is 27.0. The second kappa shape index (κ2) is 7.26. The van der Waals surface area contributed by atoms with Crippen LogP contribution in [-0.4, -0.2) is 10.9 Å². The quantitative estimate of drug-likeness (QED) is 0.885. The third kappa shape index (κ3) is 4.32. The van der Waals surface area contributed by atoms with Gasteiger partial charge in [-0.15, -0.1) is 11.3 Å². The van der Waals surface area contributed by atoms with E-state index in [2.05, 4.69) is 10.3 Å². The second-order valence-electron chi connectivity index (χ2n) is 4.67. The van der Waals surface area contributed by atoms with Crippen molar-refractivity contribution in [1.82, 2.24) is 10.3 Å². The number of aromatic nitrogens is 1. The minimum atomic E-state index is -0.524. The molecule has 0 unspecified atom stereocenters. The maximum atomic E-state index is 13.7. The van der Waals surface area contributed by atoms with E-state index in [0.29, 0.717) is 12.8 Å². The Labute approximate surface area is 126 Å². The van der Waals surface area contributed by atoms with E-state index >= 15 is 0 Å². The van der Waals surface area contributed by atoms with E-state index in [-0.39, 0.29) is 17.9 Å². The van der Waals surface area contributed by atoms with Crippen LogP contribution in [0.5, 0.6) is 0 Å². The highest BCUT2D eigenvalue weighted by Gasteiger charge is 2.17. The fourth-order valence-electron chi connectivity index (χ4n) is 2.05. The van der Waals surface area contributed by atoms with Crippen molar-refractivity contribution in [2.75, 3.05) is 0 Å². The first kappa shape index (κ1) is 15.6. The molecule has 0 saturated heterocycles. The maximum Gasteiger partial charge on any atom is 0.220 e. The summed E-state index contributed by atoms with van der Waals surface area (Å²) in [6, 6.07) is 2.75. The van der Waals surface area contributed by atoms with Crippen LogP contribution in [0.1, 0.15) is 37.1 Å². The molecule has 0 aliphatic heterocycles. The molecule has 1 heterocycles. The van der Waals surface area contributed by atoms with Gasteiger partial charge in [0, 0.05) is 17.4 Å². The van der Waals surface area contributed by atoms with E-state index < -0.39 is 17.7 Å². The molecule has 2 rings (SSSR count). The van der Waals surface area contributed by atoms with Gasteiger partial charge in [0.15, 0.2) is 0 Å². The fourth-order valence-corrected chi connectivity index (χ4v) is 2.64. The predicted octanol–water partition coefficient (Wildman–Crippen LogP) is 3.62. The number of hydrogen-bond acceptors (Lipinski definition) is 3. The van der Waals surface area contributed by atoms with Crippen molar-refractivity contribution in [3.8, 4) is 0 Å². The van der Waals surface area contributed by atoms with Crippen LogP contribution in [0.15, 0.2) is 29.1 Å². The second-order valence-corrected chi connectivity index (χ2v) is 5.39. The summed E-state index contributed by atoms with van der Waals surface area (Å²) in [4.78, 5) is 16.0. The molecule has 6 heteroatoms. The van der Waals surface area contributed by atoms with Crippen LogP contribution >= 0.6 is 11.3 Å². The van der Waals surface area contributed by atoms with Crippen LogP contribution < -0.4 is 5.32 Å². The van der Waals surface area contributed by atoms with Crippen LogP contribution in [-0.2, 0) is 11.2 Å². The van der Waals surface area contributed by atoms with E-state index in [1.807, 2.05) is 12.3 Å². The highest BCUT2D eigenvalue weighted by Crippen LogP contribution is 2.21. The van der Waals surface area contributed by atoms with Gasteiger partial charge in [0.25, 0.3) is 0 Å². The van der Waals surface area contributed by atoms with Crippen LogP contribution in [0.2, 0.25) is 0 Å². The van der Waals surface area contributed by atoms with E-state index in [9.17, 15) is 13.6 Å². The molecule has 1 atom stereocenters. The van der Waals surface area contributed by atoms with Gasteiger partial charge < -0.3 is 5.32 Å². The molecule has 1 aromatic heterocycles. The lowest BCUT2D eigenvalue weighted by Gasteiger charge is -2.18. The topological polar surface area (TPSA) is 42.0 Å². The van der Waals surface area contributed by atoms with Crippen LogP contribution in [0.25, 0.3) is 0 Å². The number of carbonyl (C=O) groups is 1. The Hall–Kier alpha value is -1.82. The summed E-state index contributed by atoms with van der Waals surface area (Å²) in [5.41, 5.74) is 2.75. The number of halogens is 2. The smallest absolute Gasteiger partial charge is 0.220 e. The number of aryl methyl sites for hydroxylation is 1. The SMILES string of the molecule is CC[C@@H](NC(=O)CCc1cscn1)c1cc(F)ccc1F. The monoisotopic (exact) mass is 310 g/mol. The van der Waals surface area contributed by atoms with Crippen molar-refractivity contribution in [3.63, 3.8) is 0 Å². The van der Waals surface area contributed by atoms with Gasteiger partial charge >= 0.3 is 0 Å². The van der Waals surface area contributed by atoms with Crippen LogP contribution in [0.4, 0.5) is 8.78 Å². The summed E-state index contributed by atoms with van der Waals surface area (Å²) >= 11 is 1.48. The van der Waals surface area contributed by atoms with Gasteiger partial charge in [0.05, 0.1) is 17.2 Å². The minimum Gasteiger partial charge on any atom is -0.349 e. The Balaban J connectivity index is 1.98. The predicted molar refractivity (Wildman–Crippen MR) is 78.0 cm³/mol. The molecule has 0 aliphatic carbocycles. The molecule has 0 saturated carbocycles. The summed E-state index contributed by atoms with van der Waals surface area (Å²) in [6.45, 7) is 1.82. The maximum absolute atomic E-state index is 13.7. The van der Waals surface area contributed by atoms with Gasteiger partial charge in [-0.05, 0) is 31.0 Å². The Morgan fingerprint density at radius 3 is 2.90 bits per heavy atom. The number of hydrogen-bond donors (Lipinski definition) is 1. The molecule has 0 aliphatic rings. The number of nitrogens with zero attached hydrogens (tertiary/aromatic N) is 1. The molecule has 1 aromatic carbocycles. The molecule has 21 heavy (non-hydrogen) atoms. The lowest BCUT2D eigenvalue weighted by atomic mass is 10.0. The number of benzene rings is 1. The highest BCUT2D eigenvalue weighted by molar-refractivity contribution is 7.07. The molecular weight excluding hydrogens is 294 g/mol. The first-order valence-electron chi connectivity index (χ1n) is 6.71. The van der Waals surface area contributed by atoms with Crippen molar-refractivity contribution < 1.29 is 13.6 Å². The van der Waals surface area contributed by atoms with E-state index in [0.717, 1.165) is 23.9 Å². The highest BCUT2D eigenvalue weighted by atomic mass is 32.1. The summed E-state index contributed by atoms with van der Waals surface area (Å²) in [7, 11) is 0. The first-order chi connectivity index (χ1) is 10.1. The summed E-state index contributed by atoms with van der Waals surface area (Å²) in [5, 5.41) is 4.63. The van der Waals surface area contributed by atoms with Crippen molar-refractivity contribution in [3.05, 3.63) is 52.0 Å². The van der Waals surface area contributed by atoms with Gasteiger partial charge in [-0.3, -0.25) is 4.79 Å². The van der Waals surface area contributed by atoms with Crippen LogP contribution in [0, 0.1) is 11.6 Å². The molecule has 112 valence electrons. The van der Waals surface area contributed by atoms with Crippen molar-refractivity contribution in [2.45, 2.75) is 32.2 Å². The first-order valence-corrected chi connectivity index (χ1v) is 7.65. The lowest BCUT2D eigenvalue weighted by Crippen LogP contribution is -2.29. The number of rotatable bonds is 6. The van der Waals surface area contributed by atoms with Crippen molar-refractivity contribution in [1.29, 1.82) is 0 Å². The minimum absolute atomic E-state index is 0.180. The van der Waals surface area contributed by atoms with Gasteiger partial charge in [0.2, 0.25) is 5.91 Å². The van der Waals surface area contributed by atoms with E-state index in [4.69, 9.17) is 0 Å². The Bertz CT molecular complexity index is 602. The fraction of sp³-hybridized carbons (Fsp3) is 0.333. The molecule has 1 N–H and O–H groups in total. The zero-order valence-corrected chi connectivity index (χ0v) is 12.4. The zero-order valence-electron chi connectivity index (χ0n) is 11.6. The summed E-state index contributed by atoms with van der Waals surface area (Å²) in [5.74, 6) is -1.22. The van der Waals surface area contributed by atoms with Crippen molar-refractivity contribution in [2.24, 2.45) is 0 Å². The normalized spacial score (nSPS) is 12.1. The van der Waals surface area contributed by atoms with Gasteiger partial charge in [-0.2, -0.15) is 0 Å². The molecule has 0 radical (unpaired) electrons. The average molecular weight is 310 g/mol. The number of amides is 1. The van der Waals surface area contributed by atoms with E-state index in [1.165, 1.54) is 11.3 Å².